The van der Waals surface area contributed by atoms with Gasteiger partial charge in [0.1, 0.15) is 0 Å². The van der Waals surface area contributed by atoms with Gasteiger partial charge in [0, 0.05) is 24.8 Å². The van der Waals surface area contributed by atoms with E-state index in [0.29, 0.717) is 12.6 Å². The van der Waals surface area contributed by atoms with Crippen LogP contribution in [-0.4, -0.2) is 25.2 Å². The molecule has 0 saturated heterocycles. The number of β-amino-alcohol motifs (C(OH)–C–C–N with tert-alkyl or cyclic N) is 1. The zero-order chi connectivity index (χ0) is 14.7. The van der Waals surface area contributed by atoms with Crippen LogP contribution in [0.3, 0.4) is 0 Å². The van der Waals surface area contributed by atoms with Crippen LogP contribution in [0.5, 0.6) is 0 Å². The molecule has 2 aromatic carbocycles. The Morgan fingerprint density at radius 3 is 2.62 bits per heavy atom. The minimum atomic E-state index is -0.453. The summed E-state index contributed by atoms with van der Waals surface area (Å²) in [6, 6.07) is 18.8. The number of fused-ring (bicyclic) bond motifs is 1. The lowest BCUT2D eigenvalue weighted by molar-refractivity contribution is 0.182. The van der Waals surface area contributed by atoms with Crippen molar-refractivity contribution in [1.29, 1.82) is 0 Å². The lowest BCUT2D eigenvalue weighted by Crippen LogP contribution is -2.37. The van der Waals surface area contributed by atoms with Gasteiger partial charge in [-0.1, -0.05) is 48.5 Å². The van der Waals surface area contributed by atoms with Gasteiger partial charge in [-0.05, 0) is 30.7 Å². The van der Waals surface area contributed by atoms with E-state index in [9.17, 15) is 5.11 Å². The molecule has 1 aliphatic rings. The largest absolute Gasteiger partial charge is 0.387 e. The van der Waals surface area contributed by atoms with Gasteiger partial charge in [0.2, 0.25) is 0 Å². The minimum Gasteiger partial charge on any atom is -0.387 e. The van der Waals surface area contributed by atoms with E-state index in [1.165, 1.54) is 11.3 Å². The van der Waals surface area contributed by atoms with Gasteiger partial charge in [-0.3, -0.25) is 0 Å². The average molecular weight is 282 g/mol. The standard InChI is InChI=1S/C18H22N2O/c1-19-16-11-12-20(17-10-6-5-9-15(16)17)13-18(21)14-7-3-2-4-8-14/h2-10,16,18-19,21H,11-13H2,1H3. The molecular weight excluding hydrogens is 260 g/mol. The van der Waals surface area contributed by atoms with Gasteiger partial charge >= 0.3 is 0 Å². The number of nitrogens with one attached hydrogen (secondary N) is 1. The summed E-state index contributed by atoms with van der Waals surface area (Å²) in [6.45, 7) is 1.60. The van der Waals surface area contributed by atoms with Crippen LogP contribution in [0.2, 0.25) is 0 Å². The Hall–Kier alpha value is -1.84. The van der Waals surface area contributed by atoms with Crippen molar-refractivity contribution in [3.63, 3.8) is 0 Å². The Balaban J connectivity index is 1.81. The van der Waals surface area contributed by atoms with Gasteiger partial charge in [0.25, 0.3) is 0 Å². The summed E-state index contributed by atoms with van der Waals surface area (Å²) in [5, 5.41) is 13.8. The normalized spacial score (nSPS) is 19.1. The molecule has 2 N–H and O–H groups in total. The van der Waals surface area contributed by atoms with Gasteiger partial charge < -0.3 is 15.3 Å². The summed E-state index contributed by atoms with van der Waals surface area (Å²) in [5.41, 5.74) is 3.54. The number of aliphatic hydroxyl groups is 1. The predicted octanol–water partition coefficient (Wildman–Crippen LogP) is 2.89. The molecule has 0 bridgehead atoms. The van der Waals surface area contributed by atoms with Gasteiger partial charge in [-0.15, -0.1) is 0 Å². The summed E-state index contributed by atoms with van der Waals surface area (Å²) in [6.07, 6.45) is 0.611. The third-order valence-electron chi connectivity index (χ3n) is 4.27. The Morgan fingerprint density at radius 2 is 1.86 bits per heavy atom. The van der Waals surface area contributed by atoms with Crippen LogP contribution >= 0.6 is 0 Å². The Labute approximate surface area is 126 Å². The molecule has 1 aliphatic heterocycles. The van der Waals surface area contributed by atoms with E-state index in [2.05, 4.69) is 34.5 Å². The first-order valence-electron chi connectivity index (χ1n) is 7.53. The first-order valence-corrected chi connectivity index (χ1v) is 7.53. The van der Waals surface area contributed by atoms with Crippen LogP contribution in [0.4, 0.5) is 5.69 Å². The quantitative estimate of drug-likeness (QED) is 0.905. The first-order chi connectivity index (χ1) is 10.3. The molecule has 0 radical (unpaired) electrons. The number of anilines is 1. The van der Waals surface area contributed by atoms with Crippen LogP contribution in [-0.2, 0) is 0 Å². The molecular formula is C18H22N2O. The SMILES string of the molecule is CNC1CCN(CC(O)c2ccccc2)c2ccccc21. The molecule has 3 heteroatoms. The number of hydrogen-bond donors (Lipinski definition) is 2. The van der Waals surface area contributed by atoms with Gasteiger partial charge in [0.05, 0.1) is 6.10 Å². The molecule has 21 heavy (non-hydrogen) atoms. The summed E-state index contributed by atoms with van der Waals surface area (Å²) < 4.78 is 0. The number of para-hydroxylation sites is 1. The van der Waals surface area contributed by atoms with Crippen molar-refractivity contribution < 1.29 is 5.11 Å². The zero-order valence-corrected chi connectivity index (χ0v) is 12.4. The van der Waals surface area contributed by atoms with Crippen molar-refractivity contribution >= 4 is 5.69 Å². The average Bonchev–Trinajstić information content (AvgIpc) is 2.56. The van der Waals surface area contributed by atoms with E-state index in [-0.39, 0.29) is 0 Å². The summed E-state index contributed by atoms with van der Waals surface area (Å²) in [4.78, 5) is 2.29. The Morgan fingerprint density at radius 1 is 1.14 bits per heavy atom. The number of hydrogen-bond acceptors (Lipinski definition) is 3. The molecule has 0 saturated carbocycles. The van der Waals surface area contributed by atoms with E-state index in [1.54, 1.807) is 0 Å². The molecule has 110 valence electrons. The number of nitrogens with zero attached hydrogens (tertiary/aromatic N) is 1. The van der Waals surface area contributed by atoms with E-state index in [4.69, 9.17) is 0 Å². The highest BCUT2D eigenvalue weighted by molar-refractivity contribution is 5.57. The topological polar surface area (TPSA) is 35.5 Å². The lowest BCUT2D eigenvalue weighted by Gasteiger charge is -2.36. The second kappa shape index (κ2) is 6.29. The van der Waals surface area contributed by atoms with E-state index >= 15 is 0 Å². The number of rotatable bonds is 4. The second-order valence-corrected chi connectivity index (χ2v) is 5.56. The minimum absolute atomic E-state index is 0.409. The third-order valence-corrected chi connectivity index (χ3v) is 4.27. The maximum atomic E-state index is 10.5. The van der Waals surface area contributed by atoms with Crippen molar-refractivity contribution in [2.45, 2.75) is 18.6 Å². The fourth-order valence-electron chi connectivity index (χ4n) is 3.11. The van der Waals surface area contributed by atoms with Crippen LogP contribution in [0.1, 0.15) is 29.7 Å². The number of benzene rings is 2. The van der Waals surface area contributed by atoms with Crippen molar-refractivity contribution in [3.8, 4) is 0 Å². The van der Waals surface area contributed by atoms with Crippen molar-refractivity contribution in [2.24, 2.45) is 0 Å². The molecule has 0 fully saturated rings. The molecule has 0 aliphatic carbocycles. The molecule has 3 rings (SSSR count). The fourth-order valence-corrected chi connectivity index (χ4v) is 3.11. The summed E-state index contributed by atoms with van der Waals surface area (Å²) in [7, 11) is 2.01. The third kappa shape index (κ3) is 2.94. The molecule has 3 nitrogen and oxygen atoms in total. The summed E-state index contributed by atoms with van der Waals surface area (Å²) in [5.74, 6) is 0. The van der Waals surface area contributed by atoms with Gasteiger partial charge in [-0.25, -0.2) is 0 Å². The Kier molecular flexibility index (Phi) is 4.23. The smallest absolute Gasteiger partial charge is 0.0964 e. The monoisotopic (exact) mass is 282 g/mol. The van der Waals surface area contributed by atoms with Crippen molar-refractivity contribution in [3.05, 3.63) is 65.7 Å². The maximum Gasteiger partial charge on any atom is 0.0964 e. The molecule has 0 amide bonds. The van der Waals surface area contributed by atoms with Crippen LogP contribution in [0.25, 0.3) is 0 Å². The Bertz CT molecular complexity index is 585. The molecule has 0 spiro atoms. The van der Waals surface area contributed by atoms with Gasteiger partial charge in [-0.2, -0.15) is 0 Å². The van der Waals surface area contributed by atoms with Crippen LogP contribution < -0.4 is 10.2 Å². The highest BCUT2D eigenvalue weighted by atomic mass is 16.3. The van der Waals surface area contributed by atoms with E-state index in [0.717, 1.165) is 18.5 Å². The second-order valence-electron chi connectivity index (χ2n) is 5.56. The van der Waals surface area contributed by atoms with Crippen LogP contribution in [0, 0.1) is 0 Å². The van der Waals surface area contributed by atoms with E-state index in [1.807, 2.05) is 37.4 Å². The highest BCUT2D eigenvalue weighted by Crippen LogP contribution is 2.34. The molecule has 0 aromatic heterocycles. The van der Waals surface area contributed by atoms with E-state index < -0.39 is 6.10 Å². The van der Waals surface area contributed by atoms with Crippen molar-refractivity contribution in [2.75, 3.05) is 25.0 Å². The lowest BCUT2D eigenvalue weighted by atomic mass is 9.96. The molecule has 2 atom stereocenters. The zero-order valence-electron chi connectivity index (χ0n) is 12.4. The van der Waals surface area contributed by atoms with Crippen molar-refractivity contribution in [1.82, 2.24) is 5.32 Å². The molecule has 1 heterocycles. The maximum absolute atomic E-state index is 10.5. The van der Waals surface area contributed by atoms with Gasteiger partial charge in [0.15, 0.2) is 0 Å². The number of aliphatic hydroxyl groups excluding tert-OH is 1. The first kappa shape index (κ1) is 14.1. The molecule has 2 aromatic rings. The van der Waals surface area contributed by atoms with Crippen LogP contribution in [0.15, 0.2) is 54.6 Å². The predicted molar refractivity (Wildman–Crippen MR) is 86.5 cm³/mol. The highest BCUT2D eigenvalue weighted by Gasteiger charge is 2.25. The summed E-state index contributed by atoms with van der Waals surface area (Å²) >= 11 is 0. The fraction of sp³-hybridized carbons (Fsp3) is 0.333. The molecule has 2 unspecified atom stereocenters.